The Hall–Kier alpha value is -3.86. The molecule has 0 aliphatic carbocycles. The average molecular weight is 356 g/mol. The second-order valence-corrected chi connectivity index (χ2v) is 6.04. The lowest BCUT2D eigenvalue weighted by Gasteiger charge is -2.11. The van der Waals surface area contributed by atoms with Crippen molar-refractivity contribution in [1.29, 1.82) is 0 Å². The summed E-state index contributed by atoms with van der Waals surface area (Å²) in [5.74, 6) is 0.368. The van der Waals surface area contributed by atoms with Gasteiger partial charge in [0, 0.05) is 11.6 Å². The van der Waals surface area contributed by atoms with Crippen LogP contribution in [0.15, 0.2) is 77.6 Å². The summed E-state index contributed by atoms with van der Waals surface area (Å²) in [4.78, 5) is 17.7. The van der Waals surface area contributed by atoms with Crippen molar-refractivity contribution < 1.29 is 10.2 Å². The Morgan fingerprint density at radius 3 is 2.37 bits per heavy atom. The van der Waals surface area contributed by atoms with Crippen LogP contribution in [0.5, 0.6) is 11.5 Å². The quantitative estimate of drug-likeness (QED) is 0.582. The van der Waals surface area contributed by atoms with Gasteiger partial charge in [0.1, 0.15) is 17.3 Å². The van der Waals surface area contributed by atoms with Crippen LogP contribution < -0.4 is 5.56 Å². The van der Waals surface area contributed by atoms with E-state index in [1.165, 1.54) is 16.7 Å². The highest BCUT2D eigenvalue weighted by atomic mass is 16.3. The van der Waals surface area contributed by atoms with Crippen molar-refractivity contribution in [1.82, 2.24) is 9.55 Å². The monoisotopic (exact) mass is 356 g/mol. The van der Waals surface area contributed by atoms with Crippen LogP contribution in [0.2, 0.25) is 0 Å². The van der Waals surface area contributed by atoms with Gasteiger partial charge in [-0.2, -0.15) is 0 Å². The third-order valence-corrected chi connectivity index (χ3v) is 4.24. The van der Waals surface area contributed by atoms with E-state index in [1.807, 2.05) is 42.5 Å². The van der Waals surface area contributed by atoms with E-state index in [9.17, 15) is 15.0 Å². The smallest absolute Gasteiger partial charge is 0.266 e. The van der Waals surface area contributed by atoms with Gasteiger partial charge >= 0.3 is 0 Å². The van der Waals surface area contributed by atoms with Crippen LogP contribution in [-0.2, 0) is 0 Å². The largest absolute Gasteiger partial charge is 0.508 e. The fourth-order valence-electron chi connectivity index (χ4n) is 2.93. The number of hydrogen-bond donors (Lipinski definition) is 2. The summed E-state index contributed by atoms with van der Waals surface area (Å²) < 4.78 is 1.54. The van der Waals surface area contributed by atoms with E-state index in [4.69, 9.17) is 0 Å². The summed E-state index contributed by atoms with van der Waals surface area (Å²) in [6.07, 6.45) is 3.33. The predicted octanol–water partition coefficient (Wildman–Crippen LogP) is 3.97. The van der Waals surface area contributed by atoms with Crippen LogP contribution >= 0.6 is 0 Å². The molecule has 1 aromatic heterocycles. The van der Waals surface area contributed by atoms with Crippen molar-refractivity contribution in [2.75, 3.05) is 0 Å². The van der Waals surface area contributed by atoms with E-state index in [1.54, 1.807) is 30.4 Å². The van der Waals surface area contributed by atoms with Crippen molar-refractivity contribution in [2.24, 2.45) is 0 Å². The summed E-state index contributed by atoms with van der Waals surface area (Å²) in [7, 11) is 0. The summed E-state index contributed by atoms with van der Waals surface area (Å²) in [5, 5.41) is 19.9. The number of phenolic OH excluding ortho intramolecular Hbond substituents is 2. The molecule has 27 heavy (non-hydrogen) atoms. The van der Waals surface area contributed by atoms with Crippen LogP contribution in [0.25, 0.3) is 28.7 Å². The number of aromatic nitrogens is 2. The number of phenols is 2. The predicted molar refractivity (Wildman–Crippen MR) is 106 cm³/mol. The van der Waals surface area contributed by atoms with Gasteiger partial charge in [0.15, 0.2) is 0 Å². The minimum absolute atomic E-state index is 0.0188. The van der Waals surface area contributed by atoms with Gasteiger partial charge in [0.05, 0.1) is 16.6 Å². The number of benzene rings is 3. The van der Waals surface area contributed by atoms with Gasteiger partial charge in [-0.15, -0.1) is 0 Å². The molecule has 0 radical (unpaired) electrons. The summed E-state index contributed by atoms with van der Waals surface area (Å²) in [6, 6.07) is 20.8. The Labute approximate surface area is 155 Å². The van der Waals surface area contributed by atoms with Crippen LogP contribution in [0.4, 0.5) is 0 Å². The molecule has 0 aliphatic heterocycles. The number of aromatic hydroxyl groups is 2. The number of hydrogen-bond acceptors (Lipinski definition) is 4. The maximum atomic E-state index is 13.1. The third kappa shape index (κ3) is 3.18. The second kappa shape index (κ2) is 6.80. The molecule has 5 heteroatoms. The number of para-hydroxylation sites is 2. The Kier molecular flexibility index (Phi) is 4.18. The molecule has 132 valence electrons. The molecule has 0 atom stereocenters. The molecule has 0 fully saturated rings. The summed E-state index contributed by atoms with van der Waals surface area (Å²) in [5.41, 5.74) is 1.65. The summed E-state index contributed by atoms with van der Waals surface area (Å²) >= 11 is 0. The molecule has 4 rings (SSSR count). The standard InChI is InChI=1S/C22H16N2O3/c25-17-12-10-15(20(26)14-17)11-13-21-23-19-9-5-4-8-18(19)22(27)24(21)16-6-2-1-3-7-16/h1-14,25-26H/b13-11+. The molecule has 0 spiro atoms. The molecular weight excluding hydrogens is 340 g/mol. The van der Waals surface area contributed by atoms with Gasteiger partial charge in [0.25, 0.3) is 5.56 Å². The zero-order chi connectivity index (χ0) is 18.8. The third-order valence-electron chi connectivity index (χ3n) is 4.24. The lowest BCUT2D eigenvalue weighted by molar-refractivity contribution is 0.450. The number of rotatable bonds is 3. The first-order valence-electron chi connectivity index (χ1n) is 8.41. The number of nitrogens with zero attached hydrogens (tertiary/aromatic N) is 2. The first-order valence-corrected chi connectivity index (χ1v) is 8.41. The molecule has 2 N–H and O–H groups in total. The van der Waals surface area contributed by atoms with Gasteiger partial charge in [-0.05, 0) is 48.6 Å². The molecule has 0 unspecified atom stereocenters. The van der Waals surface area contributed by atoms with Crippen LogP contribution in [0.1, 0.15) is 11.4 Å². The lowest BCUT2D eigenvalue weighted by Crippen LogP contribution is -2.22. The molecule has 1 heterocycles. The first kappa shape index (κ1) is 16.6. The SMILES string of the molecule is O=c1c2ccccc2nc(/C=C/c2ccc(O)cc2O)n1-c1ccccc1. The zero-order valence-corrected chi connectivity index (χ0v) is 14.3. The molecule has 0 aliphatic rings. The highest BCUT2D eigenvalue weighted by molar-refractivity contribution is 5.80. The van der Waals surface area contributed by atoms with Crippen molar-refractivity contribution in [2.45, 2.75) is 0 Å². The molecule has 4 aromatic rings. The van der Waals surface area contributed by atoms with Gasteiger partial charge in [-0.25, -0.2) is 4.98 Å². The molecule has 0 saturated heterocycles. The van der Waals surface area contributed by atoms with Gasteiger partial charge in [-0.3, -0.25) is 9.36 Å². The topological polar surface area (TPSA) is 75.3 Å². The average Bonchev–Trinajstić information content (AvgIpc) is 2.68. The van der Waals surface area contributed by atoms with E-state index in [-0.39, 0.29) is 17.1 Å². The molecule has 0 saturated carbocycles. The van der Waals surface area contributed by atoms with Crippen LogP contribution in [0, 0.1) is 0 Å². The van der Waals surface area contributed by atoms with Crippen LogP contribution in [0.3, 0.4) is 0 Å². The number of fused-ring (bicyclic) bond motifs is 1. The Morgan fingerprint density at radius 2 is 1.59 bits per heavy atom. The zero-order valence-electron chi connectivity index (χ0n) is 14.3. The van der Waals surface area contributed by atoms with E-state index in [2.05, 4.69) is 4.98 Å². The van der Waals surface area contributed by atoms with Crippen molar-refractivity contribution in [3.05, 3.63) is 94.5 Å². The van der Waals surface area contributed by atoms with Crippen LogP contribution in [-0.4, -0.2) is 19.8 Å². The van der Waals surface area contributed by atoms with Gasteiger partial charge < -0.3 is 10.2 Å². The molecule has 0 amide bonds. The Balaban J connectivity index is 1.93. The first-order chi connectivity index (χ1) is 13.1. The van der Waals surface area contributed by atoms with E-state index in [0.717, 1.165) is 0 Å². The van der Waals surface area contributed by atoms with E-state index < -0.39 is 0 Å². The normalized spacial score (nSPS) is 11.3. The second-order valence-electron chi connectivity index (χ2n) is 6.04. The highest BCUT2D eigenvalue weighted by Crippen LogP contribution is 2.24. The fraction of sp³-hybridized carbons (Fsp3) is 0. The summed E-state index contributed by atoms with van der Waals surface area (Å²) in [6.45, 7) is 0. The highest BCUT2D eigenvalue weighted by Gasteiger charge is 2.10. The van der Waals surface area contributed by atoms with Gasteiger partial charge in [0.2, 0.25) is 0 Å². The Bertz CT molecular complexity index is 1210. The minimum Gasteiger partial charge on any atom is -0.508 e. The molecule has 3 aromatic carbocycles. The van der Waals surface area contributed by atoms with Crippen molar-refractivity contribution >= 4 is 23.1 Å². The van der Waals surface area contributed by atoms with Crippen molar-refractivity contribution in [3.8, 4) is 17.2 Å². The molecule has 5 nitrogen and oxygen atoms in total. The van der Waals surface area contributed by atoms with Crippen molar-refractivity contribution in [3.63, 3.8) is 0 Å². The molecule has 0 bridgehead atoms. The fourth-order valence-corrected chi connectivity index (χ4v) is 2.93. The van der Waals surface area contributed by atoms with E-state index in [0.29, 0.717) is 28.0 Å². The van der Waals surface area contributed by atoms with E-state index >= 15 is 0 Å². The molecular formula is C22H16N2O3. The minimum atomic E-state index is -0.165. The maximum absolute atomic E-state index is 13.1. The van der Waals surface area contributed by atoms with Gasteiger partial charge in [-0.1, -0.05) is 30.3 Å². The maximum Gasteiger partial charge on any atom is 0.266 e. The Morgan fingerprint density at radius 1 is 0.852 bits per heavy atom. The lowest BCUT2D eigenvalue weighted by atomic mass is 10.1.